The highest BCUT2D eigenvalue weighted by atomic mass is 14.4. The lowest BCUT2D eigenvalue weighted by atomic mass is 9.60. The van der Waals surface area contributed by atoms with Crippen molar-refractivity contribution in [2.24, 2.45) is 22.7 Å². The molecule has 1 aliphatic rings. The summed E-state index contributed by atoms with van der Waals surface area (Å²) in [6, 6.07) is 0. The molecule has 16 heavy (non-hydrogen) atoms. The molecule has 0 bridgehead atoms. The molecule has 1 aliphatic carbocycles. The first-order valence-corrected chi connectivity index (χ1v) is 7.23. The SMILES string of the molecule is CC(C)(C)C1CCCCCCC1C(C)(C)C. The standard InChI is InChI=1S/C16H32/c1-15(2,3)13-11-9-7-8-10-12-14(13)16(4,5)6/h13-14H,7-12H2,1-6H3. The Labute approximate surface area is 103 Å². The van der Waals surface area contributed by atoms with Crippen LogP contribution in [0.3, 0.4) is 0 Å². The Morgan fingerprint density at radius 2 is 0.875 bits per heavy atom. The molecule has 1 saturated carbocycles. The minimum absolute atomic E-state index is 0.481. The van der Waals surface area contributed by atoms with Gasteiger partial charge in [-0.2, -0.15) is 0 Å². The van der Waals surface area contributed by atoms with Gasteiger partial charge in [-0.3, -0.25) is 0 Å². The third kappa shape index (κ3) is 3.79. The third-order valence-corrected chi connectivity index (χ3v) is 4.49. The van der Waals surface area contributed by atoms with Gasteiger partial charge in [0.1, 0.15) is 0 Å². The Bertz CT molecular complexity index is 177. The topological polar surface area (TPSA) is 0 Å². The fraction of sp³-hybridized carbons (Fsp3) is 1.00. The van der Waals surface area contributed by atoms with Gasteiger partial charge in [0.2, 0.25) is 0 Å². The molecule has 2 unspecified atom stereocenters. The molecule has 0 N–H and O–H groups in total. The van der Waals surface area contributed by atoms with Gasteiger partial charge in [0.15, 0.2) is 0 Å². The van der Waals surface area contributed by atoms with Crippen molar-refractivity contribution in [3.63, 3.8) is 0 Å². The van der Waals surface area contributed by atoms with E-state index >= 15 is 0 Å². The second-order valence-electron chi connectivity index (χ2n) is 7.94. The lowest BCUT2D eigenvalue weighted by Gasteiger charge is -2.45. The van der Waals surface area contributed by atoms with E-state index in [1.807, 2.05) is 0 Å². The van der Waals surface area contributed by atoms with E-state index in [0.717, 1.165) is 11.8 Å². The Morgan fingerprint density at radius 3 is 1.12 bits per heavy atom. The van der Waals surface area contributed by atoms with E-state index in [0.29, 0.717) is 10.8 Å². The summed E-state index contributed by atoms with van der Waals surface area (Å²) in [7, 11) is 0. The zero-order chi connectivity index (χ0) is 12.4. The quantitative estimate of drug-likeness (QED) is 0.497. The van der Waals surface area contributed by atoms with Crippen LogP contribution in [0.2, 0.25) is 0 Å². The van der Waals surface area contributed by atoms with E-state index in [1.165, 1.54) is 38.5 Å². The molecule has 1 rings (SSSR count). The Hall–Kier alpha value is 0. The molecule has 0 heteroatoms. The smallest absolute Gasteiger partial charge is 0.0332 e. The minimum Gasteiger partial charge on any atom is -0.0599 e. The second-order valence-corrected chi connectivity index (χ2v) is 7.94. The fourth-order valence-corrected chi connectivity index (χ4v) is 3.56. The van der Waals surface area contributed by atoms with Crippen molar-refractivity contribution >= 4 is 0 Å². The third-order valence-electron chi connectivity index (χ3n) is 4.49. The summed E-state index contributed by atoms with van der Waals surface area (Å²) < 4.78 is 0. The molecular formula is C16H32. The molecule has 0 radical (unpaired) electrons. The van der Waals surface area contributed by atoms with Gasteiger partial charge in [-0.1, -0.05) is 67.2 Å². The summed E-state index contributed by atoms with van der Waals surface area (Å²) >= 11 is 0. The monoisotopic (exact) mass is 224 g/mol. The van der Waals surface area contributed by atoms with Gasteiger partial charge in [0.05, 0.1) is 0 Å². The normalized spacial score (nSPS) is 29.6. The van der Waals surface area contributed by atoms with Crippen LogP contribution in [-0.4, -0.2) is 0 Å². The molecule has 0 nitrogen and oxygen atoms in total. The average Bonchev–Trinajstić information content (AvgIpc) is 1.96. The van der Waals surface area contributed by atoms with Gasteiger partial charge < -0.3 is 0 Å². The highest BCUT2D eigenvalue weighted by Gasteiger charge is 2.38. The van der Waals surface area contributed by atoms with E-state index < -0.39 is 0 Å². The zero-order valence-electron chi connectivity index (χ0n) is 12.4. The molecular weight excluding hydrogens is 192 g/mol. The van der Waals surface area contributed by atoms with Crippen molar-refractivity contribution in [3.8, 4) is 0 Å². The Morgan fingerprint density at radius 1 is 0.562 bits per heavy atom. The van der Waals surface area contributed by atoms with Crippen molar-refractivity contribution in [1.29, 1.82) is 0 Å². The van der Waals surface area contributed by atoms with Crippen molar-refractivity contribution in [2.45, 2.75) is 80.1 Å². The van der Waals surface area contributed by atoms with E-state index in [-0.39, 0.29) is 0 Å². The molecule has 2 atom stereocenters. The highest BCUT2D eigenvalue weighted by molar-refractivity contribution is 4.87. The second kappa shape index (κ2) is 5.10. The molecule has 96 valence electrons. The first-order chi connectivity index (χ1) is 7.23. The van der Waals surface area contributed by atoms with Crippen LogP contribution in [0.4, 0.5) is 0 Å². The van der Waals surface area contributed by atoms with Crippen LogP contribution in [0.1, 0.15) is 80.1 Å². The van der Waals surface area contributed by atoms with E-state index in [1.54, 1.807) is 0 Å². The average molecular weight is 224 g/mol. The first-order valence-electron chi connectivity index (χ1n) is 7.23. The van der Waals surface area contributed by atoms with Crippen LogP contribution in [0.15, 0.2) is 0 Å². The molecule has 0 aliphatic heterocycles. The summed E-state index contributed by atoms with van der Waals surface area (Å²) in [6.45, 7) is 14.7. The van der Waals surface area contributed by atoms with Gasteiger partial charge in [-0.25, -0.2) is 0 Å². The summed E-state index contributed by atoms with van der Waals surface area (Å²) in [6.07, 6.45) is 8.73. The number of hydrogen-bond acceptors (Lipinski definition) is 0. The molecule has 0 aromatic rings. The maximum atomic E-state index is 2.44. The molecule has 0 amide bonds. The summed E-state index contributed by atoms with van der Waals surface area (Å²) in [5, 5.41) is 0. The van der Waals surface area contributed by atoms with Crippen molar-refractivity contribution in [3.05, 3.63) is 0 Å². The largest absolute Gasteiger partial charge is 0.0599 e. The predicted molar refractivity (Wildman–Crippen MR) is 73.6 cm³/mol. The number of rotatable bonds is 0. The van der Waals surface area contributed by atoms with Gasteiger partial charge in [-0.05, 0) is 35.5 Å². The molecule has 0 heterocycles. The van der Waals surface area contributed by atoms with Crippen LogP contribution >= 0.6 is 0 Å². The number of hydrogen-bond donors (Lipinski definition) is 0. The zero-order valence-corrected chi connectivity index (χ0v) is 12.4. The molecule has 0 saturated heterocycles. The van der Waals surface area contributed by atoms with Crippen molar-refractivity contribution in [1.82, 2.24) is 0 Å². The van der Waals surface area contributed by atoms with E-state index in [4.69, 9.17) is 0 Å². The lowest BCUT2D eigenvalue weighted by Crippen LogP contribution is -2.36. The predicted octanol–water partition coefficient (Wildman–Crippen LogP) is 5.67. The summed E-state index contributed by atoms with van der Waals surface area (Å²) in [5.41, 5.74) is 0.963. The van der Waals surface area contributed by atoms with Crippen LogP contribution < -0.4 is 0 Å². The molecule has 0 aromatic carbocycles. The van der Waals surface area contributed by atoms with Gasteiger partial charge >= 0.3 is 0 Å². The molecule has 0 spiro atoms. The van der Waals surface area contributed by atoms with Crippen molar-refractivity contribution in [2.75, 3.05) is 0 Å². The highest BCUT2D eigenvalue weighted by Crippen LogP contribution is 2.47. The minimum atomic E-state index is 0.481. The lowest BCUT2D eigenvalue weighted by molar-refractivity contribution is 0.0478. The fourth-order valence-electron chi connectivity index (χ4n) is 3.56. The summed E-state index contributed by atoms with van der Waals surface area (Å²) in [5.74, 6) is 1.82. The van der Waals surface area contributed by atoms with E-state index in [2.05, 4.69) is 41.5 Å². The van der Waals surface area contributed by atoms with Crippen LogP contribution in [0.25, 0.3) is 0 Å². The molecule has 0 aromatic heterocycles. The summed E-state index contributed by atoms with van der Waals surface area (Å²) in [4.78, 5) is 0. The van der Waals surface area contributed by atoms with Crippen LogP contribution in [-0.2, 0) is 0 Å². The maximum absolute atomic E-state index is 2.44. The van der Waals surface area contributed by atoms with Gasteiger partial charge in [-0.15, -0.1) is 0 Å². The maximum Gasteiger partial charge on any atom is -0.0332 e. The first kappa shape index (κ1) is 14.1. The van der Waals surface area contributed by atoms with E-state index in [9.17, 15) is 0 Å². The Kier molecular flexibility index (Phi) is 4.49. The Balaban J connectivity index is 2.86. The molecule has 1 fully saturated rings. The van der Waals surface area contributed by atoms with Crippen LogP contribution in [0, 0.1) is 22.7 Å². The van der Waals surface area contributed by atoms with Crippen molar-refractivity contribution < 1.29 is 0 Å². The van der Waals surface area contributed by atoms with Gasteiger partial charge in [0.25, 0.3) is 0 Å². The van der Waals surface area contributed by atoms with Gasteiger partial charge in [0, 0.05) is 0 Å². The van der Waals surface area contributed by atoms with Crippen LogP contribution in [0.5, 0.6) is 0 Å².